The summed E-state index contributed by atoms with van der Waals surface area (Å²) in [5.41, 5.74) is 0. The van der Waals surface area contributed by atoms with Crippen LogP contribution in [0.25, 0.3) is 0 Å². The summed E-state index contributed by atoms with van der Waals surface area (Å²) in [5, 5.41) is 0. The van der Waals surface area contributed by atoms with E-state index >= 15 is 0 Å². The lowest BCUT2D eigenvalue weighted by molar-refractivity contribution is -0.198. The Bertz CT molecular complexity index is 300. The highest BCUT2D eigenvalue weighted by molar-refractivity contribution is 6.64. The fraction of sp³-hybridized carbons (Fsp3) is 0.882. The van der Waals surface area contributed by atoms with Gasteiger partial charge in [0.15, 0.2) is 6.29 Å². The first-order valence-corrected chi connectivity index (χ1v) is 11.3. The topological polar surface area (TPSA) is 18.5 Å². The lowest BCUT2D eigenvalue weighted by Crippen LogP contribution is -2.32. The molecule has 1 heterocycles. The van der Waals surface area contributed by atoms with Gasteiger partial charge in [0.2, 0.25) is 0 Å². The SMILES string of the molecule is CCCC(CC)C(CC#[C][Al]([CH3])[CH3])OC1CCCCO1. The zero-order valence-corrected chi connectivity index (χ0v) is 14.9. The largest absolute Gasteiger partial charge is 0.369 e. The third-order valence-corrected chi connectivity index (χ3v) is 4.65. The Labute approximate surface area is 130 Å². The molecule has 1 rings (SSSR count). The Morgan fingerprint density at radius 2 is 2.10 bits per heavy atom. The van der Waals surface area contributed by atoms with Crippen molar-refractivity contribution >= 4 is 14.1 Å². The van der Waals surface area contributed by atoms with Crippen LogP contribution in [0, 0.1) is 16.6 Å². The standard InChI is InChI=1S/C15H25O2.2CH3.Al/c1-4-9-13(6-3)14(10-5-2)17-15-11-7-8-12-16-15;;;/h13-15H,4,6-12H2,1,3H3;2*1H3;. The lowest BCUT2D eigenvalue weighted by Gasteiger charge is -2.31. The highest BCUT2D eigenvalue weighted by Crippen LogP contribution is 2.25. The zero-order chi connectivity index (χ0) is 14.8. The van der Waals surface area contributed by atoms with Crippen LogP contribution < -0.4 is 0 Å². The quantitative estimate of drug-likeness (QED) is 0.511. The molecule has 114 valence electrons. The van der Waals surface area contributed by atoms with Gasteiger partial charge in [-0.05, 0) is 31.6 Å². The molecule has 0 N–H and O–H groups in total. The molecule has 0 aromatic carbocycles. The maximum Gasteiger partial charge on any atom is 0.369 e. The maximum atomic E-state index is 6.27. The first-order valence-electron chi connectivity index (χ1n) is 8.42. The average Bonchev–Trinajstić information content (AvgIpc) is 2.44. The summed E-state index contributed by atoms with van der Waals surface area (Å²) in [6, 6.07) is 0. The molecule has 0 aromatic heterocycles. The molecule has 0 saturated carbocycles. The molecule has 0 radical (unpaired) electrons. The minimum atomic E-state index is -0.779. The minimum absolute atomic E-state index is 0.0118. The highest BCUT2D eigenvalue weighted by atomic mass is 27.2. The van der Waals surface area contributed by atoms with Crippen LogP contribution in [0.4, 0.5) is 0 Å². The molecule has 1 fully saturated rings. The van der Waals surface area contributed by atoms with Crippen LogP contribution in [-0.2, 0) is 9.47 Å². The molecule has 1 aliphatic heterocycles. The maximum absolute atomic E-state index is 6.27. The van der Waals surface area contributed by atoms with Crippen molar-refractivity contribution in [2.45, 2.75) is 82.8 Å². The van der Waals surface area contributed by atoms with E-state index in [0.29, 0.717) is 5.92 Å². The van der Waals surface area contributed by atoms with Gasteiger partial charge in [-0.25, -0.2) is 4.78 Å². The van der Waals surface area contributed by atoms with Gasteiger partial charge in [-0.1, -0.05) is 38.3 Å². The van der Waals surface area contributed by atoms with Crippen molar-refractivity contribution in [1.82, 2.24) is 0 Å². The van der Waals surface area contributed by atoms with Gasteiger partial charge < -0.3 is 9.47 Å². The van der Waals surface area contributed by atoms with Crippen LogP contribution >= 0.6 is 0 Å². The molecule has 1 aliphatic rings. The van der Waals surface area contributed by atoms with Crippen LogP contribution in [-0.4, -0.2) is 33.1 Å². The third kappa shape index (κ3) is 7.14. The fourth-order valence-electron chi connectivity index (χ4n) is 2.73. The van der Waals surface area contributed by atoms with Gasteiger partial charge in [0.25, 0.3) is 0 Å². The van der Waals surface area contributed by atoms with Crippen molar-refractivity contribution < 1.29 is 9.47 Å². The monoisotopic (exact) mass is 294 g/mol. The van der Waals surface area contributed by atoms with E-state index in [1.54, 1.807) is 0 Å². The second kappa shape index (κ2) is 10.7. The van der Waals surface area contributed by atoms with Gasteiger partial charge >= 0.3 is 14.1 Å². The fourth-order valence-corrected chi connectivity index (χ4v) is 3.25. The second-order valence-corrected chi connectivity index (χ2v) is 8.71. The van der Waals surface area contributed by atoms with Crippen molar-refractivity contribution in [2.24, 2.45) is 5.92 Å². The molecule has 0 spiro atoms. The number of ether oxygens (including phenoxy) is 2. The molecule has 20 heavy (non-hydrogen) atoms. The summed E-state index contributed by atoms with van der Waals surface area (Å²) in [5.74, 6) is 8.55. The van der Waals surface area contributed by atoms with Gasteiger partial charge in [0.05, 0.1) is 6.10 Å². The summed E-state index contributed by atoms with van der Waals surface area (Å²) in [4.78, 5) is 3.40. The number of rotatable bonds is 7. The third-order valence-electron chi connectivity index (χ3n) is 3.87. The van der Waals surface area contributed by atoms with Gasteiger partial charge in [0, 0.05) is 13.0 Å². The first-order chi connectivity index (χ1) is 9.67. The summed E-state index contributed by atoms with van der Waals surface area (Å²) in [6.45, 7) is 5.37. The molecule has 2 nitrogen and oxygen atoms in total. The van der Waals surface area contributed by atoms with Crippen molar-refractivity contribution in [3.63, 3.8) is 0 Å². The van der Waals surface area contributed by atoms with Gasteiger partial charge in [-0.15, -0.1) is 5.92 Å². The predicted molar refractivity (Wildman–Crippen MR) is 87.0 cm³/mol. The Balaban J connectivity index is 2.59. The van der Waals surface area contributed by atoms with Crippen LogP contribution in [0.2, 0.25) is 11.6 Å². The van der Waals surface area contributed by atoms with E-state index in [1.807, 2.05) is 0 Å². The Morgan fingerprint density at radius 1 is 1.30 bits per heavy atom. The predicted octanol–water partition coefficient (Wildman–Crippen LogP) is 4.41. The van der Waals surface area contributed by atoms with E-state index in [0.717, 1.165) is 19.4 Å². The van der Waals surface area contributed by atoms with Crippen molar-refractivity contribution in [1.29, 1.82) is 0 Å². The van der Waals surface area contributed by atoms with Crippen molar-refractivity contribution in [2.75, 3.05) is 6.61 Å². The van der Waals surface area contributed by atoms with Crippen LogP contribution in [0.15, 0.2) is 0 Å². The van der Waals surface area contributed by atoms with E-state index in [-0.39, 0.29) is 12.4 Å². The summed E-state index contributed by atoms with van der Waals surface area (Å²) >= 11 is -0.779. The molecular weight excluding hydrogens is 263 g/mol. The van der Waals surface area contributed by atoms with Crippen LogP contribution in [0.5, 0.6) is 0 Å². The smallest absolute Gasteiger partial charge is 0.353 e. The van der Waals surface area contributed by atoms with E-state index in [2.05, 4.69) is 36.1 Å². The average molecular weight is 294 g/mol. The highest BCUT2D eigenvalue weighted by Gasteiger charge is 2.24. The Hall–Kier alpha value is 0.0125. The molecular formula is C17H31AlO2. The van der Waals surface area contributed by atoms with Gasteiger partial charge in [-0.3, -0.25) is 0 Å². The summed E-state index contributed by atoms with van der Waals surface area (Å²) in [7, 11) is 0. The Kier molecular flexibility index (Phi) is 9.66. The summed E-state index contributed by atoms with van der Waals surface area (Å²) < 4.78 is 12.0. The van der Waals surface area contributed by atoms with E-state index in [1.165, 1.54) is 32.1 Å². The molecule has 3 unspecified atom stereocenters. The van der Waals surface area contributed by atoms with Crippen molar-refractivity contribution in [3.8, 4) is 10.7 Å². The molecule has 0 aromatic rings. The van der Waals surface area contributed by atoms with Crippen LogP contribution in [0.3, 0.4) is 0 Å². The molecule has 3 atom stereocenters. The van der Waals surface area contributed by atoms with E-state index < -0.39 is 14.1 Å². The number of hydrogen-bond acceptors (Lipinski definition) is 2. The second-order valence-electron chi connectivity index (χ2n) is 6.11. The van der Waals surface area contributed by atoms with Crippen LogP contribution in [0.1, 0.15) is 58.8 Å². The van der Waals surface area contributed by atoms with Gasteiger partial charge in [-0.2, -0.15) is 0 Å². The normalized spacial score (nSPS) is 21.7. The van der Waals surface area contributed by atoms with Crippen molar-refractivity contribution in [3.05, 3.63) is 0 Å². The van der Waals surface area contributed by atoms with Gasteiger partial charge in [0.1, 0.15) is 0 Å². The Morgan fingerprint density at radius 3 is 2.65 bits per heavy atom. The van der Waals surface area contributed by atoms with E-state index in [4.69, 9.17) is 9.47 Å². The van der Waals surface area contributed by atoms with E-state index in [9.17, 15) is 0 Å². The minimum Gasteiger partial charge on any atom is -0.353 e. The molecule has 3 heteroatoms. The molecule has 0 amide bonds. The lowest BCUT2D eigenvalue weighted by atomic mass is 9.92. The zero-order valence-electron chi connectivity index (χ0n) is 13.8. The number of hydrogen-bond donors (Lipinski definition) is 0. The first kappa shape index (κ1) is 18.1. The molecule has 0 aliphatic carbocycles. The summed E-state index contributed by atoms with van der Waals surface area (Å²) in [6.07, 6.45) is 8.22. The molecule has 1 saturated heterocycles. The molecule has 0 bridgehead atoms.